The number of para-hydroxylation sites is 1. The summed E-state index contributed by atoms with van der Waals surface area (Å²) in [4.78, 5) is 1.37. The lowest BCUT2D eigenvalue weighted by Gasteiger charge is -2.45. The van der Waals surface area contributed by atoms with Gasteiger partial charge in [-0.15, -0.1) is 21.9 Å². The fourth-order valence-corrected chi connectivity index (χ4v) is 8.83. The van der Waals surface area contributed by atoms with Gasteiger partial charge in [0.15, 0.2) is 69.8 Å². The zero-order valence-corrected chi connectivity index (χ0v) is 34.6. The van der Waals surface area contributed by atoms with E-state index in [0.717, 1.165) is 0 Å². The number of halogens is 20. The van der Waals surface area contributed by atoms with Crippen molar-refractivity contribution < 1.29 is 92.7 Å². The van der Waals surface area contributed by atoms with Gasteiger partial charge in [-0.25, -0.2) is 87.8 Å². The van der Waals surface area contributed by atoms with Crippen LogP contribution in [0.25, 0.3) is 43.1 Å². The minimum absolute atomic E-state index is 0.0144. The van der Waals surface area contributed by atoms with Gasteiger partial charge < -0.3 is 4.90 Å². The maximum Gasteiger partial charge on any atom is 0.169 e. The molecule has 0 spiro atoms. The average Bonchev–Trinajstić information content (AvgIpc) is 3.32. The molecule has 0 unspecified atom stereocenters. The number of fused-ring (bicyclic) bond motifs is 4. The Morgan fingerprint density at radius 3 is 0.686 bits per heavy atom. The van der Waals surface area contributed by atoms with Gasteiger partial charge in [-0.1, -0.05) is 18.2 Å². The Labute approximate surface area is 378 Å². The summed E-state index contributed by atoms with van der Waals surface area (Å²) in [6.45, 7) is 0. The number of rotatable bonds is 5. The first-order chi connectivity index (χ1) is 32.9. The lowest BCUT2D eigenvalue weighted by atomic mass is 9.12. The summed E-state index contributed by atoms with van der Waals surface area (Å²) in [7, 11) is 4.24. The van der Waals surface area contributed by atoms with Gasteiger partial charge in [0.05, 0.1) is 58.9 Å². The van der Waals surface area contributed by atoms with E-state index in [-0.39, 0.29) is 48.5 Å². The van der Waals surface area contributed by atoms with Gasteiger partial charge in [-0.2, -0.15) is 0 Å². The van der Waals surface area contributed by atoms with E-state index in [0.29, 0.717) is 0 Å². The van der Waals surface area contributed by atoms with Crippen molar-refractivity contribution >= 4 is 76.8 Å². The molecule has 70 heavy (non-hydrogen) atoms. The molecule has 0 bridgehead atoms. The van der Waals surface area contributed by atoms with Crippen LogP contribution >= 0.6 is 0 Å². The second-order valence-electron chi connectivity index (χ2n) is 15.8. The molecule has 0 aliphatic rings. The molecular formula is C48H20BF20N. The van der Waals surface area contributed by atoms with E-state index in [1.54, 1.807) is 0 Å². The van der Waals surface area contributed by atoms with Crippen LogP contribution in [-0.2, 0) is 0 Å². The Bertz CT molecular complexity index is 3270. The molecule has 22 heteroatoms. The molecule has 9 aromatic carbocycles. The molecule has 0 aromatic heterocycles. The highest BCUT2D eigenvalue weighted by atomic mass is 19.2. The average molecular weight is 1000 g/mol. The summed E-state index contributed by atoms with van der Waals surface area (Å²) in [6.07, 6.45) is -6.73. The molecule has 0 heterocycles. The third-order valence-electron chi connectivity index (χ3n) is 11.9. The van der Waals surface area contributed by atoms with Gasteiger partial charge in [-0.3, -0.25) is 0 Å². The van der Waals surface area contributed by atoms with E-state index in [4.69, 9.17) is 0 Å². The highest BCUT2D eigenvalue weighted by Crippen LogP contribution is 2.37. The van der Waals surface area contributed by atoms with Crippen molar-refractivity contribution in [3.05, 3.63) is 195 Å². The first-order valence-corrected chi connectivity index (χ1v) is 19.7. The van der Waals surface area contributed by atoms with Crippen LogP contribution in [0.4, 0.5) is 93.5 Å². The van der Waals surface area contributed by atoms with E-state index in [9.17, 15) is 17.6 Å². The van der Waals surface area contributed by atoms with Crippen LogP contribution in [0.2, 0.25) is 0 Å². The van der Waals surface area contributed by atoms with E-state index >= 15 is 70.2 Å². The van der Waals surface area contributed by atoms with E-state index < -0.39 is 187 Å². The molecule has 0 aliphatic carbocycles. The predicted octanol–water partition coefficient (Wildman–Crippen LogP) is 10.9. The van der Waals surface area contributed by atoms with Gasteiger partial charge in [-0.05, 0) is 60.7 Å². The van der Waals surface area contributed by atoms with Crippen LogP contribution in [-0.4, -0.2) is 20.2 Å². The molecular weight excluding hydrogens is 981 g/mol. The molecule has 0 atom stereocenters. The van der Waals surface area contributed by atoms with Gasteiger partial charge in [0.2, 0.25) is 0 Å². The van der Waals surface area contributed by atoms with Crippen LogP contribution in [0.5, 0.6) is 0 Å². The molecule has 9 aromatic rings. The molecule has 1 N–H and O–H groups in total. The van der Waals surface area contributed by atoms with Gasteiger partial charge >= 0.3 is 0 Å². The Kier molecular flexibility index (Phi) is 12.3. The molecule has 9 rings (SSSR count). The highest BCUT2D eigenvalue weighted by molar-refractivity contribution is 7.20. The maximum atomic E-state index is 17.3. The van der Waals surface area contributed by atoms with E-state index in [1.807, 2.05) is 6.07 Å². The van der Waals surface area contributed by atoms with Gasteiger partial charge in [0.25, 0.3) is 0 Å². The number of nitrogens with one attached hydrogen (secondary N) is 1. The molecule has 0 saturated heterocycles. The molecule has 360 valence electrons. The summed E-state index contributed by atoms with van der Waals surface area (Å²) in [5.74, 6) is -54.9. The third-order valence-corrected chi connectivity index (χ3v) is 11.9. The van der Waals surface area contributed by atoms with Crippen molar-refractivity contribution in [1.29, 1.82) is 0 Å². The molecule has 1 nitrogen and oxygen atoms in total. The second-order valence-corrected chi connectivity index (χ2v) is 15.8. The van der Waals surface area contributed by atoms with Gasteiger partial charge in [0.1, 0.15) is 35.1 Å². The normalized spacial score (nSPS) is 12.0. The SMILES string of the molecule is C[NH+](C)c1ccccc1.Fc1ccc2c(F)c([B-](c3c(F)c(F)c4c(F)c(F)ccc4c3F)(c3c(F)c(F)c4c(F)c(F)ccc4c3F)c3c(F)c(F)c4c(F)c(F)ccc4c3F)c(F)c(F)c2c1F. The number of quaternary nitrogens is 1. The monoisotopic (exact) mass is 1000 g/mol. The molecule has 0 fully saturated rings. The fourth-order valence-electron chi connectivity index (χ4n) is 8.83. The molecule has 0 amide bonds. The largest absolute Gasteiger partial charge is 0.307 e. The van der Waals surface area contributed by atoms with Crippen molar-refractivity contribution in [2.24, 2.45) is 0 Å². The summed E-state index contributed by atoms with van der Waals surface area (Å²) in [5, 5.41) is -15.8. The van der Waals surface area contributed by atoms with Crippen LogP contribution in [0.1, 0.15) is 0 Å². The molecule has 0 aliphatic heterocycles. The maximum absolute atomic E-state index is 17.3. The van der Waals surface area contributed by atoms with Crippen molar-refractivity contribution in [2.45, 2.75) is 0 Å². The van der Waals surface area contributed by atoms with Crippen LogP contribution in [0.15, 0.2) is 78.9 Å². The topological polar surface area (TPSA) is 4.44 Å². The zero-order chi connectivity index (χ0) is 51.3. The van der Waals surface area contributed by atoms with Crippen molar-refractivity contribution in [1.82, 2.24) is 0 Å². The molecule has 0 saturated carbocycles. The number of hydrogen-bond acceptors (Lipinski definition) is 0. The second kappa shape index (κ2) is 17.6. The lowest BCUT2D eigenvalue weighted by Crippen LogP contribution is -3.00. The minimum atomic E-state index is -6.73. The smallest absolute Gasteiger partial charge is 0.169 e. The number of benzene rings is 9. The summed E-state index contributed by atoms with van der Waals surface area (Å²) in [5.41, 5.74) is -10.4. The summed E-state index contributed by atoms with van der Waals surface area (Å²) in [6, 6.07) is 10.1. The Hall–Kier alpha value is -7.36. The Morgan fingerprint density at radius 1 is 0.257 bits per heavy atom. The third kappa shape index (κ3) is 6.91. The fraction of sp³-hybridized carbons (Fsp3) is 0.0417. The quantitative estimate of drug-likeness (QED) is 0.0996. The van der Waals surface area contributed by atoms with Crippen molar-refractivity contribution in [3.63, 3.8) is 0 Å². The van der Waals surface area contributed by atoms with E-state index in [1.165, 1.54) is 10.6 Å². The van der Waals surface area contributed by atoms with Crippen LogP contribution in [0.3, 0.4) is 0 Å². The van der Waals surface area contributed by atoms with Crippen LogP contribution in [0, 0.1) is 116 Å². The lowest BCUT2D eigenvalue weighted by molar-refractivity contribution is -0.786. The minimum Gasteiger partial charge on any atom is -0.307 e. The first kappa shape index (κ1) is 49.1. The van der Waals surface area contributed by atoms with E-state index in [2.05, 4.69) is 38.4 Å². The standard InChI is InChI=1S/C40H8BF20.C8H11N/c42-13-5-1-9-17(29(13)50)33(54)37(58)21(25(9)46)41(22-26(47)10-2-6-14(43)30(51)18(10)34(55)38(22)59,23-27(48)11-3-7-15(44)31(52)19(11)35(56)39(23)60)24-28(49)12-4-8-16(45)32(53)20(12)36(57)40(24)61;1-9(2)8-6-4-3-5-7-8/h1-8H;3-7H,1-2H3/q-1;/p+1. The zero-order valence-electron chi connectivity index (χ0n) is 34.6. The van der Waals surface area contributed by atoms with Crippen molar-refractivity contribution in [3.8, 4) is 0 Å². The summed E-state index contributed by atoms with van der Waals surface area (Å²) < 4.78 is 320. The van der Waals surface area contributed by atoms with Gasteiger partial charge in [0, 0.05) is 21.5 Å². The Balaban J connectivity index is 0.000000659. The summed E-state index contributed by atoms with van der Waals surface area (Å²) >= 11 is 0. The van der Waals surface area contributed by atoms with Crippen LogP contribution < -0.4 is 26.8 Å². The number of hydrogen-bond donors (Lipinski definition) is 1. The first-order valence-electron chi connectivity index (χ1n) is 19.7. The predicted molar refractivity (Wildman–Crippen MR) is 218 cm³/mol. The van der Waals surface area contributed by atoms with Crippen molar-refractivity contribution in [2.75, 3.05) is 14.1 Å². The molecule has 0 radical (unpaired) electrons. The Morgan fingerprint density at radius 2 is 0.486 bits per heavy atom. The highest BCUT2D eigenvalue weighted by Gasteiger charge is 2.51.